The lowest BCUT2D eigenvalue weighted by Crippen LogP contribution is -2.31. The van der Waals surface area contributed by atoms with Gasteiger partial charge in [0.15, 0.2) is 0 Å². The van der Waals surface area contributed by atoms with Gasteiger partial charge in [0.1, 0.15) is 6.29 Å². The zero-order valence-electron chi connectivity index (χ0n) is 16.0. The summed E-state index contributed by atoms with van der Waals surface area (Å²) < 4.78 is 12.1. The summed E-state index contributed by atoms with van der Waals surface area (Å²) in [5.74, 6) is 0. The molecular formula is C24H28O3. The van der Waals surface area contributed by atoms with Crippen molar-refractivity contribution < 1.29 is 14.3 Å². The normalized spacial score (nSPS) is 21.3. The monoisotopic (exact) mass is 364 g/mol. The van der Waals surface area contributed by atoms with Crippen LogP contribution in [0.4, 0.5) is 0 Å². The minimum Gasteiger partial charge on any atom is -0.376 e. The lowest BCUT2D eigenvalue weighted by atomic mass is 9.82. The van der Waals surface area contributed by atoms with Crippen LogP contribution in [0.1, 0.15) is 30.9 Å². The molecule has 0 radical (unpaired) electrons. The third-order valence-corrected chi connectivity index (χ3v) is 5.44. The van der Waals surface area contributed by atoms with Gasteiger partial charge < -0.3 is 14.3 Å². The van der Waals surface area contributed by atoms with Crippen LogP contribution in [0.15, 0.2) is 72.8 Å². The van der Waals surface area contributed by atoms with Crippen LogP contribution in [0.3, 0.4) is 0 Å². The Morgan fingerprint density at radius 2 is 1.41 bits per heavy atom. The molecular weight excluding hydrogens is 336 g/mol. The number of ether oxygens (including phenoxy) is 2. The highest BCUT2D eigenvalue weighted by molar-refractivity contribution is 5.65. The molecule has 3 heteroatoms. The SMILES string of the molecule is C=C1CC(COCc2ccccc2)(COCc2ccccc2)CC1(C)C=O. The van der Waals surface area contributed by atoms with Gasteiger partial charge in [-0.2, -0.15) is 0 Å². The summed E-state index contributed by atoms with van der Waals surface area (Å²) in [5, 5.41) is 0. The van der Waals surface area contributed by atoms with Gasteiger partial charge >= 0.3 is 0 Å². The predicted molar refractivity (Wildman–Crippen MR) is 107 cm³/mol. The van der Waals surface area contributed by atoms with Crippen molar-refractivity contribution in [2.24, 2.45) is 10.8 Å². The molecule has 1 atom stereocenters. The zero-order chi connectivity index (χ0) is 19.2. The van der Waals surface area contributed by atoms with Gasteiger partial charge in [0.2, 0.25) is 0 Å². The molecule has 2 aromatic carbocycles. The molecule has 142 valence electrons. The Hall–Kier alpha value is -2.23. The minimum atomic E-state index is -0.494. The molecule has 0 saturated heterocycles. The topological polar surface area (TPSA) is 35.5 Å². The number of rotatable bonds is 9. The third-order valence-electron chi connectivity index (χ3n) is 5.44. The first-order chi connectivity index (χ1) is 13.1. The molecule has 0 aromatic heterocycles. The van der Waals surface area contributed by atoms with Gasteiger partial charge in [-0.1, -0.05) is 72.8 Å². The molecule has 1 saturated carbocycles. The van der Waals surface area contributed by atoms with Gasteiger partial charge in [-0.05, 0) is 30.9 Å². The fourth-order valence-corrected chi connectivity index (χ4v) is 3.91. The molecule has 1 aliphatic rings. The molecule has 1 fully saturated rings. The third kappa shape index (κ3) is 4.94. The molecule has 0 bridgehead atoms. The van der Waals surface area contributed by atoms with Crippen molar-refractivity contribution >= 4 is 6.29 Å². The second-order valence-electron chi connectivity index (χ2n) is 7.95. The second kappa shape index (κ2) is 8.64. The van der Waals surface area contributed by atoms with Gasteiger partial charge in [-0.25, -0.2) is 0 Å². The van der Waals surface area contributed by atoms with Gasteiger partial charge in [0, 0.05) is 10.8 Å². The molecule has 0 amide bonds. The first-order valence-corrected chi connectivity index (χ1v) is 9.43. The average Bonchev–Trinajstić information content (AvgIpc) is 2.94. The Morgan fingerprint density at radius 3 is 1.81 bits per heavy atom. The van der Waals surface area contributed by atoms with Gasteiger partial charge in [-0.15, -0.1) is 0 Å². The Balaban J connectivity index is 1.63. The van der Waals surface area contributed by atoms with E-state index in [0.717, 1.165) is 29.4 Å². The van der Waals surface area contributed by atoms with E-state index in [1.54, 1.807) is 0 Å². The van der Waals surface area contributed by atoms with E-state index in [2.05, 4.69) is 30.8 Å². The molecule has 1 unspecified atom stereocenters. The summed E-state index contributed by atoms with van der Waals surface area (Å²) >= 11 is 0. The highest BCUT2D eigenvalue weighted by Gasteiger charge is 2.48. The number of carbonyl (C=O) groups is 1. The van der Waals surface area contributed by atoms with E-state index in [1.807, 2.05) is 43.3 Å². The van der Waals surface area contributed by atoms with Gasteiger partial charge in [0.05, 0.1) is 26.4 Å². The second-order valence-corrected chi connectivity index (χ2v) is 7.95. The van der Waals surface area contributed by atoms with Crippen molar-refractivity contribution in [2.75, 3.05) is 13.2 Å². The molecule has 27 heavy (non-hydrogen) atoms. The van der Waals surface area contributed by atoms with E-state index >= 15 is 0 Å². The summed E-state index contributed by atoms with van der Waals surface area (Å²) in [6.45, 7) is 8.37. The Bertz CT molecular complexity index is 708. The van der Waals surface area contributed by atoms with E-state index in [4.69, 9.17) is 9.47 Å². The van der Waals surface area contributed by atoms with Crippen molar-refractivity contribution in [2.45, 2.75) is 33.0 Å². The van der Waals surface area contributed by atoms with Crippen LogP contribution < -0.4 is 0 Å². The van der Waals surface area contributed by atoms with Crippen LogP contribution in [0.5, 0.6) is 0 Å². The number of benzene rings is 2. The van der Waals surface area contributed by atoms with Crippen molar-refractivity contribution in [3.8, 4) is 0 Å². The number of carbonyl (C=O) groups excluding carboxylic acids is 1. The lowest BCUT2D eigenvalue weighted by molar-refractivity contribution is -0.115. The lowest BCUT2D eigenvalue weighted by Gasteiger charge is -2.30. The molecule has 0 aliphatic heterocycles. The first-order valence-electron chi connectivity index (χ1n) is 9.43. The standard InChI is InChI=1S/C24H28O3/c1-20-13-24(16-23(20,2)17-25,18-26-14-21-9-5-3-6-10-21)19-27-15-22-11-7-4-8-12-22/h3-12,17H,1,13-16,18-19H2,2H3. The first kappa shape index (κ1) is 19.5. The van der Waals surface area contributed by atoms with Gasteiger partial charge in [0.25, 0.3) is 0 Å². The molecule has 3 nitrogen and oxygen atoms in total. The van der Waals surface area contributed by atoms with Crippen LogP contribution in [0, 0.1) is 10.8 Å². The van der Waals surface area contributed by atoms with E-state index in [9.17, 15) is 4.79 Å². The summed E-state index contributed by atoms with van der Waals surface area (Å²) in [6, 6.07) is 20.3. The maximum atomic E-state index is 11.7. The van der Waals surface area contributed by atoms with Crippen LogP contribution in [-0.2, 0) is 27.5 Å². The molecule has 1 aliphatic carbocycles. The maximum absolute atomic E-state index is 11.7. The van der Waals surface area contributed by atoms with Crippen LogP contribution >= 0.6 is 0 Å². The molecule has 0 spiro atoms. The van der Waals surface area contributed by atoms with Crippen LogP contribution in [0.2, 0.25) is 0 Å². The predicted octanol–water partition coefficient (Wildman–Crippen LogP) is 4.96. The molecule has 2 aromatic rings. The Kier molecular flexibility index (Phi) is 6.25. The van der Waals surface area contributed by atoms with E-state index in [-0.39, 0.29) is 5.41 Å². The molecule has 0 heterocycles. The minimum absolute atomic E-state index is 0.212. The molecule has 3 rings (SSSR count). The number of hydrogen-bond donors (Lipinski definition) is 0. The summed E-state index contributed by atoms with van der Waals surface area (Å²) in [6.07, 6.45) is 2.50. The Morgan fingerprint density at radius 1 is 0.926 bits per heavy atom. The van der Waals surface area contributed by atoms with Crippen molar-refractivity contribution in [3.63, 3.8) is 0 Å². The van der Waals surface area contributed by atoms with E-state index in [0.29, 0.717) is 32.8 Å². The number of hydrogen-bond acceptors (Lipinski definition) is 3. The maximum Gasteiger partial charge on any atom is 0.129 e. The van der Waals surface area contributed by atoms with Crippen molar-refractivity contribution in [3.05, 3.63) is 83.9 Å². The fourth-order valence-electron chi connectivity index (χ4n) is 3.91. The largest absolute Gasteiger partial charge is 0.376 e. The molecule has 0 N–H and O–H groups in total. The number of allylic oxidation sites excluding steroid dienone is 1. The van der Waals surface area contributed by atoms with Crippen LogP contribution in [0.25, 0.3) is 0 Å². The van der Waals surface area contributed by atoms with E-state index < -0.39 is 5.41 Å². The highest BCUT2D eigenvalue weighted by Crippen LogP contribution is 2.51. The fraction of sp³-hybridized carbons (Fsp3) is 0.375. The summed E-state index contributed by atoms with van der Waals surface area (Å²) in [4.78, 5) is 11.7. The summed E-state index contributed by atoms with van der Waals surface area (Å²) in [5.41, 5.74) is 2.56. The zero-order valence-corrected chi connectivity index (χ0v) is 16.0. The van der Waals surface area contributed by atoms with Gasteiger partial charge in [-0.3, -0.25) is 0 Å². The van der Waals surface area contributed by atoms with Crippen molar-refractivity contribution in [1.82, 2.24) is 0 Å². The number of aldehydes is 1. The van der Waals surface area contributed by atoms with Crippen LogP contribution in [-0.4, -0.2) is 19.5 Å². The van der Waals surface area contributed by atoms with E-state index in [1.165, 1.54) is 0 Å². The highest BCUT2D eigenvalue weighted by atomic mass is 16.5. The average molecular weight is 364 g/mol. The quantitative estimate of drug-likeness (QED) is 0.466. The van der Waals surface area contributed by atoms with Crippen molar-refractivity contribution in [1.29, 1.82) is 0 Å². The smallest absolute Gasteiger partial charge is 0.129 e. The Labute approximate surface area is 162 Å². The summed E-state index contributed by atoms with van der Waals surface area (Å²) in [7, 11) is 0.